The first-order chi connectivity index (χ1) is 10.1. The van der Waals surface area contributed by atoms with Crippen LogP contribution in [0.25, 0.3) is 0 Å². The van der Waals surface area contributed by atoms with Crippen molar-refractivity contribution in [3.8, 4) is 0 Å². The minimum Gasteiger partial charge on any atom is -0.481 e. The standard InChI is InChI=1S/C15H14N2O3S/c1-9-14(21-8-16-9)15(20)17-7-10(6-13(18)19)11-4-2-3-5-12(11)17/h2-5,8,10H,6-7H2,1H3,(H,18,19). The van der Waals surface area contributed by atoms with Crippen molar-refractivity contribution in [2.75, 3.05) is 11.4 Å². The summed E-state index contributed by atoms with van der Waals surface area (Å²) in [6.45, 7) is 2.21. The molecule has 1 aromatic carbocycles. The van der Waals surface area contributed by atoms with E-state index in [2.05, 4.69) is 4.98 Å². The van der Waals surface area contributed by atoms with Gasteiger partial charge in [-0.25, -0.2) is 4.98 Å². The number of aliphatic carboxylic acids is 1. The lowest BCUT2D eigenvalue weighted by Gasteiger charge is -2.17. The first-order valence-electron chi connectivity index (χ1n) is 6.60. The van der Waals surface area contributed by atoms with Gasteiger partial charge in [-0.3, -0.25) is 9.59 Å². The third-order valence-corrected chi connectivity index (χ3v) is 4.59. The fraction of sp³-hybridized carbons (Fsp3) is 0.267. The number of aromatic nitrogens is 1. The molecule has 0 radical (unpaired) electrons. The molecule has 2 aromatic rings. The van der Waals surface area contributed by atoms with Gasteiger partial charge in [-0.05, 0) is 18.6 Å². The molecule has 1 amide bonds. The molecular formula is C15H14N2O3S. The molecule has 0 saturated heterocycles. The van der Waals surface area contributed by atoms with Crippen LogP contribution in [0.3, 0.4) is 0 Å². The third-order valence-electron chi connectivity index (χ3n) is 3.68. The third kappa shape index (κ3) is 2.42. The summed E-state index contributed by atoms with van der Waals surface area (Å²) >= 11 is 1.32. The zero-order valence-corrected chi connectivity index (χ0v) is 12.3. The van der Waals surface area contributed by atoms with Crippen molar-refractivity contribution in [1.29, 1.82) is 0 Å². The molecule has 5 nitrogen and oxygen atoms in total. The van der Waals surface area contributed by atoms with Gasteiger partial charge in [0.15, 0.2) is 0 Å². The Morgan fingerprint density at radius 2 is 2.19 bits per heavy atom. The summed E-state index contributed by atoms with van der Waals surface area (Å²) in [7, 11) is 0. The number of thiazole rings is 1. The molecule has 21 heavy (non-hydrogen) atoms. The van der Waals surface area contributed by atoms with E-state index >= 15 is 0 Å². The van der Waals surface area contributed by atoms with Gasteiger partial charge in [0.25, 0.3) is 5.91 Å². The van der Waals surface area contributed by atoms with Crippen LogP contribution in [0.4, 0.5) is 5.69 Å². The van der Waals surface area contributed by atoms with E-state index in [9.17, 15) is 9.59 Å². The van der Waals surface area contributed by atoms with Crippen LogP contribution in [0.1, 0.15) is 33.3 Å². The predicted octanol–water partition coefficient (Wildman–Crippen LogP) is 2.67. The number of hydrogen-bond acceptors (Lipinski definition) is 4. The van der Waals surface area contributed by atoms with E-state index in [0.717, 1.165) is 11.3 Å². The molecule has 1 aliphatic rings. The number of carboxylic acids is 1. The molecule has 0 aliphatic carbocycles. The number of hydrogen-bond donors (Lipinski definition) is 1. The summed E-state index contributed by atoms with van der Waals surface area (Å²) in [6, 6.07) is 7.50. The number of anilines is 1. The zero-order valence-electron chi connectivity index (χ0n) is 11.4. The quantitative estimate of drug-likeness (QED) is 0.946. The SMILES string of the molecule is Cc1ncsc1C(=O)N1CC(CC(=O)O)c2ccccc21. The molecule has 6 heteroatoms. The van der Waals surface area contributed by atoms with Crippen molar-refractivity contribution in [1.82, 2.24) is 4.98 Å². The second-order valence-corrected chi connectivity index (χ2v) is 5.89. The van der Waals surface area contributed by atoms with Crippen LogP contribution < -0.4 is 4.90 Å². The van der Waals surface area contributed by atoms with E-state index in [1.807, 2.05) is 24.3 Å². The number of aryl methyl sites for hydroxylation is 1. The maximum absolute atomic E-state index is 12.7. The zero-order chi connectivity index (χ0) is 15.0. The molecule has 108 valence electrons. The summed E-state index contributed by atoms with van der Waals surface area (Å²) in [5.74, 6) is -1.11. The number of carbonyl (C=O) groups is 2. The Bertz CT molecular complexity index is 710. The molecule has 1 unspecified atom stereocenters. The maximum Gasteiger partial charge on any atom is 0.304 e. The number of carbonyl (C=O) groups excluding carboxylic acids is 1. The number of carboxylic acid groups (broad SMARTS) is 1. The van der Waals surface area contributed by atoms with E-state index < -0.39 is 5.97 Å². The van der Waals surface area contributed by atoms with Crippen LogP contribution in [0, 0.1) is 6.92 Å². The van der Waals surface area contributed by atoms with Gasteiger partial charge in [0, 0.05) is 18.2 Å². The number of para-hydroxylation sites is 1. The Morgan fingerprint density at radius 3 is 2.86 bits per heavy atom. The average molecular weight is 302 g/mol. The number of benzene rings is 1. The van der Waals surface area contributed by atoms with Crippen LogP contribution in [-0.2, 0) is 4.79 Å². The van der Waals surface area contributed by atoms with Crippen molar-refractivity contribution >= 4 is 28.9 Å². The summed E-state index contributed by atoms with van der Waals surface area (Å²) in [4.78, 5) is 30.1. The lowest BCUT2D eigenvalue weighted by atomic mass is 9.98. The van der Waals surface area contributed by atoms with Gasteiger partial charge in [-0.1, -0.05) is 18.2 Å². The number of amides is 1. The predicted molar refractivity (Wildman–Crippen MR) is 80.0 cm³/mol. The van der Waals surface area contributed by atoms with E-state index in [-0.39, 0.29) is 18.2 Å². The van der Waals surface area contributed by atoms with Gasteiger partial charge in [0.1, 0.15) is 4.88 Å². The largest absolute Gasteiger partial charge is 0.481 e. The first kappa shape index (κ1) is 13.8. The second kappa shape index (κ2) is 5.29. The van der Waals surface area contributed by atoms with Crippen LogP contribution in [0.15, 0.2) is 29.8 Å². The summed E-state index contributed by atoms with van der Waals surface area (Å²) in [6.07, 6.45) is 0.0302. The van der Waals surface area contributed by atoms with E-state index in [0.29, 0.717) is 17.1 Å². The highest BCUT2D eigenvalue weighted by molar-refractivity contribution is 7.12. The Balaban J connectivity index is 1.96. The summed E-state index contributed by atoms with van der Waals surface area (Å²) in [5, 5.41) is 9.04. The number of fused-ring (bicyclic) bond motifs is 1. The molecule has 1 aromatic heterocycles. The Morgan fingerprint density at radius 1 is 1.43 bits per heavy atom. The van der Waals surface area contributed by atoms with Gasteiger partial charge in [0.2, 0.25) is 0 Å². The maximum atomic E-state index is 12.7. The highest BCUT2D eigenvalue weighted by Crippen LogP contribution is 2.39. The molecule has 0 spiro atoms. The summed E-state index contributed by atoms with van der Waals surface area (Å²) < 4.78 is 0. The minimum absolute atomic E-state index is 0.0302. The van der Waals surface area contributed by atoms with Crippen LogP contribution in [0.5, 0.6) is 0 Å². The minimum atomic E-state index is -0.849. The molecule has 1 N–H and O–H groups in total. The van der Waals surface area contributed by atoms with Gasteiger partial charge >= 0.3 is 5.97 Å². The van der Waals surface area contributed by atoms with Gasteiger partial charge in [-0.2, -0.15) is 0 Å². The molecular weight excluding hydrogens is 288 g/mol. The smallest absolute Gasteiger partial charge is 0.304 e. The fourth-order valence-corrected chi connectivity index (χ4v) is 3.45. The highest BCUT2D eigenvalue weighted by atomic mass is 32.1. The molecule has 1 aliphatic heterocycles. The molecule has 3 rings (SSSR count). The van der Waals surface area contributed by atoms with E-state index in [1.165, 1.54) is 11.3 Å². The van der Waals surface area contributed by atoms with E-state index in [4.69, 9.17) is 5.11 Å². The Hall–Kier alpha value is -2.21. The van der Waals surface area contributed by atoms with Crippen molar-refractivity contribution in [3.63, 3.8) is 0 Å². The van der Waals surface area contributed by atoms with E-state index in [1.54, 1.807) is 17.3 Å². The monoisotopic (exact) mass is 302 g/mol. The molecule has 0 fully saturated rings. The first-order valence-corrected chi connectivity index (χ1v) is 7.48. The van der Waals surface area contributed by atoms with Gasteiger partial charge in [-0.15, -0.1) is 11.3 Å². The fourth-order valence-electron chi connectivity index (χ4n) is 2.70. The van der Waals surface area contributed by atoms with Gasteiger partial charge < -0.3 is 10.0 Å². The second-order valence-electron chi connectivity index (χ2n) is 5.04. The van der Waals surface area contributed by atoms with Crippen molar-refractivity contribution in [2.24, 2.45) is 0 Å². The van der Waals surface area contributed by atoms with Crippen LogP contribution >= 0.6 is 11.3 Å². The Labute approximate surface area is 125 Å². The van der Waals surface area contributed by atoms with Gasteiger partial charge in [0.05, 0.1) is 17.6 Å². The molecule has 2 heterocycles. The lowest BCUT2D eigenvalue weighted by molar-refractivity contribution is -0.137. The van der Waals surface area contributed by atoms with Crippen LogP contribution in [0.2, 0.25) is 0 Å². The lowest BCUT2D eigenvalue weighted by Crippen LogP contribution is -2.30. The van der Waals surface area contributed by atoms with Crippen LogP contribution in [-0.4, -0.2) is 28.5 Å². The molecule has 0 bridgehead atoms. The van der Waals surface area contributed by atoms with Crippen molar-refractivity contribution in [2.45, 2.75) is 19.3 Å². The normalized spacial score (nSPS) is 16.8. The highest BCUT2D eigenvalue weighted by Gasteiger charge is 2.34. The van der Waals surface area contributed by atoms with Crippen molar-refractivity contribution < 1.29 is 14.7 Å². The molecule has 1 atom stereocenters. The number of rotatable bonds is 3. The summed E-state index contributed by atoms with van der Waals surface area (Å²) in [5.41, 5.74) is 4.10. The van der Waals surface area contributed by atoms with Crippen molar-refractivity contribution in [3.05, 3.63) is 45.9 Å². The molecule has 0 saturated carbocycles. The number of nitrogens with zero attached hydrogens (tertiary/aromatic N) is 2. The topological polar surface area (TPSA) is 70.5 Å². The average Bonchev–Trinajstić information content (AvgIpc) is 3.02. The Kier molecular flexibility index (Phi) is 3.47.